The molecule has 2 heterocycles. The van der Waals surface area contributed by atoms with Crippen LogP contribution in [0.2, 0.25) is 0 Å². The zero-order chi connectivity index (χ0) is 26.9. The molecule has 0 saturated carbocycles. The van der Waals surface area contributed by atoms with Crippen LogP contribution in [0, 0.1) is 5.82 Å². The third-order valence-electron chi connectivity index (χ3n) is 6.97. The highest BCUT2D eigenvalue weighted by atomic mass is 32.2. The van der Waals surface area contributed by atoms with Crippen molar-refractivity contribution in [3.05, 3.63) is 89.7 Å². The number of hydrogen-bond acceptors (Lipinski definition) is 6. The number of aliphatic hydroxyl groups excluding tert-OH is 1. The summed E-state index contributed by atoms with van der Waals surface area (Å²) in [5.41, 5.74) is 2.10. The van der Waals surface area contributed by atoms with E-state index in [1.54, 1.807) is 18.2 Å². The minimum atomic E-state index is -3.93. The molecule has 5 rings (SSSR count). The summed E-state index contributed by atoms with van der Waals surface area (Å²) in [5, 5.41) is 13.0. The fourth-order valence-corrected chi connectivity index (χ4v) is 6.16. The summed E-state index contributed by atoms with van der Waals surface area (Å²) < 4.78 is 53.5. The van der Waals surface area contributed by atoms with Crippen LogP contribution in [0.5, 0.6) is 5.75 Å². The lowest BCUT2D eigenvalue weighted by molar-refractivity contribution is -0.142. The number of carbonyl (C=O) groups excluding carboxylic acids is 1. The molecule has 1 amide bonds. The third-order valence-corrected chi connectivity index (χ3v) is 8.36. The molecule has 1 fully saturated rings. The van der Waals surface area contributed by atoms with Crippen LogP contribution in [0.1, 0.15) is 42.9 Å². The van der Waals surface area contributed by atoms with Crippen molar-refractivity contribution >= 4 is 21.6 Å². The highest BCUT2D eigenvalue weighted by Gasteiger charge is 2.46. The van der Waals surface area contributed by atoms with E-state index in [9.17, 15) is 22.7 Å². The van der Waals surface area contributed by atoms with Crippen LogP contribution in [0.4, 0.5) is 10.1 Å². The largest absolute Gasteiger partial charge is 0.487 e. The van der Waals surface area contributed by atoms with Gasteiger partial charge >= 0.3 is 0 Å². The van der Waals surface area contributed by atoms with Gasteiger partial charge in [-0.3, -0.25) is 9.52 Å². The zero-order valence-corrected chi connectivity index (χ0v) is 21.5. The molecule has 2 aliphatic rings. The normalized spacial score (nSPS) is 23.0. The number of sulfonamides is 1. The Morgan fingerprint density at radius 3 is 2.55 bits per heavy atom. The molecule has 0 bridgehead atoms. The van der Waals surface area contributed by atoms with E-state index < -0.39 is 34.2 Å². The average molecular weight is 541 g/mol. The molecule has 0 aromatic heterocycles. The molecule has 38 heavy (non-hydrogen) atoms. The lowest BCUT2D eigenvalue weighted by atomic mass is 9.84. The summed E-state index contributed by atoms with van der Waals surface area (Å²) >= 11 is 0. The van der Waals surface area contributed by atoms with Gasteiger partial charge in [0.05, 0.1) is 30.1 Å². The van der Waals surface area contributed by atoms with Crippen LogP contribution in [-0.4, -0.2) is 44.4 Å². The summed E-state index contributed by atoms with van der Waals surface area (Å²) in [4.78, 5) is 12.7. The first-order valence-corrected chi connectivity index (χ1v) is 13.9. The number of benzene rings is 3. The quantitative estimate of drug-likeness (QED) is 0.400. The minimum absolute atomic E-state index is 0.0595. The Hall–Kier alpha value is -3.47. The van der Waals surface area contributed by atoms with Crippen LogP contribution in [-0.2, 0) is 19.6 Å². The average Bonchev–Trinajstić information content (AvgIpc) is 3.26. The molecule has 0 aliphatic carbocycles. The molecule has 0 unspecified atom stereocenters. The second-order valence-corrected chi connectivity index (χ2v) is 11.3. The van der Waals surface area contributed by atoms with E-state index in [-0.39, 0.29) is 35.8 Å². The predicted molar refractivity (Wildman–Crippen MR) is 139 cm³/mol. The monoisotopic (exact) mass is 540 g/mol. The number of nitrogens with one attached hydrogen (secondary N) is 2. The number of amides is 1. The number of hydrogen-bond donors (Lipinski definition) is 3. The van der Waals surface area contributed by atoms with Gasteiger partial charge in [0.2, 0.25) is 5.91 Å². The summed E-state index contributed by atoms with van der Waals surface area (Å²) in [5.74, 6) is -0.313. The van der Waals surface area contributed by atoms with E-state index in [0.29, 0.717) is 17.9 Å². The molecule has 2 aliphatic heterocycles. The Balaban J connectivity index is 1.30. The molecular weight excluding hydrogens is 511 g/mol. The van der Waals surface area contributed by atoms with Crippen molar-refractivity contribution in [3.63, 3.8) is 0 Å². The van der Waals surface area contributed by atoms with Crippen LogP contribution >= 0.6 is 0 Å². The van der Waals surface area contributed by atoms with Crippen molar-refractivity contribution in [1.82, 2.24) is 5.32 Å². The lowest BCUT2D eigenvalue weighted by Gasteiger charge is -2.37. The van der Waals surface area contributed by atoms with Crippen molar-refractivity contribution in [2.24, 2.45) is 0 Å². The second kappa shape index (κ2) is 10.7. The first-order chi connectivity index (χ1) is 18.2. The van der Waals surface area contributed by atoms with Crippen LogP contribution in [0.15, 0.2) is 77.7 Å². The van der Waals surface area contributed by atoms with Gasteiger partial charge in [-0.25, -0.2) is 12.8 Å². The molecule has 3 aromatic carbocycles. The van der Waals surface area contributed by atoms with Crippen LogP contribution in [0.25, 0.3) is 0 Å². The number of anilines is 1. The van der Waals surface area contributed by atoms with Crippen LogP contribution < -0.4 is 14.8 Å². The summed E-state index contributed by atoms with van der Waals surface area (Å²) in [7, 11) is -3.93. The second-order valence-electron chi connectivity index (χ2n) is 9.62. The van der Waals surface area contributed by atoms with Crippen molar-refractivity contribution < 1.29 is 32.2 Å². The van der Waals surface area contributed by atoms with E-state index in [4.69, 9.17) is 9.47 Å². The van der Waals surface area contributed by atoms with Gasteiger partial charge in [-0.05, 0) is 61.4 Å². The Morgan fingerprint density at radius 2 is 1.84 bits per heavy atom. The molecule has 200 valence electrons. The number of halogens is 1. The van der Waals surface area contributed by atoms with Gasteiger partial charge < -0.3 is 19.9 Å². The molecule has 8 nitrogen and oxygen atoms in total. The first kappa shape index (κ1) is 26.1. The maximum Gasteiger partial charge on any atom is 0.261 e. The highest BCUT2D eigenvalue weighted by molar-refractivity contribution is 7.92. The number of fused-ring (bicyclic) bond motifs is 3. The van der Waals surface area contributed by atoms with Gasteiger partial charge in [-0.15, -0.1) is 0 Å². The Bertz CT molecular complexity index is 1400. The molecule has 3 N–H and O–H groups in total. The zero-order valence-electron chi connectivity index (χ0n) is 20.7. The van der Waals surface area contributed by atoms with Gasteiger partial charge in [0.15, 0.2) is 0 Å². The number of carbonyl (C=O) groups is 1. The number of aliphatic hydroxyl groups is 1. The van der Waals surface area contributed by atoms with Gasteiger partial charge in [0.1, 0.15) is 23.8 Å². The van der Waals surface area contributed by atoms with E-state index in [1.165, 1.54) is 12.1 Å². The van der Waals surface area contributed by atoms with E-state index in [2.05, 4.69) is 10.0 Å². The van der Waals surface area contributed by atoms with Crippen molar-refractivity contribution in [2.75, 3.05) is 11.3 Å². The topological polar surface area (TPSA) is 114 Å². The summed E-state index contributed by atoms with van der Waals surface area (Å²) in [6.07, 6.45) is -0.963. The summed E-state index contributed by atoms with van der Waals surface area (Å²) in [6, 6.07) is 19.0. The number of rotatable bonds is 8. The molecule has 5 atom stereocenters. The van der Waals surface area contributed by atoms with E-state index >= 15 is 0 Å². The molecule has 10 heteroatoms. The predicted octanol–water partition coefficient (Wildman–Crippen LogP) is 3.89. The summed E-state index contributed by atoms with van der Waals surface area (Å²) in [6.45, 7) is 1.63. The molecule has 0 radical (unpaired) electrons. The molecular formula is C28H29FN2O6S. The smallest absolute Gasteiger partial charge is 0.261 e. The first-order valence-electron chi connectivity index (χ1n) is 12.4. The molecule has 1 saturated heterocycles. The van der Waals surface area contributed by atoms with Crippen molar-refractivity contribution in [2.45, 2.75) is 54.9 Å². The van der Waals surface area contributed by atoms with Crippen LogP contribution in [0.3, 0.4) is 0 Å². The fraction of sp³-hybridized carbons (Fsp3) is 0.321. The van der Waals surface area contributed by atoms with Crippen molar-refractivity contribution in [3.8, 4) is 5.75 Å². The third kappa shape index (κ3) is 5.52. The Labute approximate surface area is 220 Å². The van der Waals surface area contributed by atoms with Gasteiger partial charge in [-0.1, -0.05) is 30.3 Å². The number of ether oxygens (including phenoxy) is 2. The lowest BCUT2D eigenvalue weighted by Crippen LogP contribution is -2.47. The highest BCUT2D eigenvalue weighted by Crippen LogP contribution is 2.47. The maximum absolute atomic E-state index is 13.2. The Kier molecular flexibility index (Phi) is 7.38. The maximum atomic E-state index is 13.2. The SMILES string of the molecule is C[C@H](NC(=O)C[C@H]1C[C@H]2c3cc(NS(=O)(=O)c4ccc(F)cc4)ccc3O[C@H]2[C@@H](CO)O1)c1ccccc1. The van der Waals surface area contributed by atoms with Gasteiger partial charge in [0.25, 0.3) is 10.0 Å². The van der Waals surface area contributed by atoms with Gasteiger partial charge in [-0.2, -0.15) is 0 Å². The van der Waals surface area contributed by atoms with E-state index in [1.807, 2.05) is 37.3 Å². The molecule has 0 spiro atoms. The standard InChI is InChI=1S/C28H29FN2O6S/c1-17(18-5-3-2-4-6-18)30-27(33)15-21-14-24-23-13-20(9-12-25(23)37-28(24)26(16-32)36-21)31-38(34,35)22-10-7-19(29)8-11-22/h2-13,17,21,24,26,28,31-32H,14-16H2,1H3,(H,30,33)/t17-,21+,24-,26+,28+/m0/s1. The van der Waals surface area contributed by atoms with Gasteiger partial charge in [0, 0.05) is 17.2 Å². The molecule has 3 aromatic rings. The van der Waals surface area contributed by atoms with E-state index in [0.717, 1.165) is 23.3 Å². The Morgan fingerprint density at radius 1 is 1.11 bits per heavy atom. The minimum Gasteiger partial charge on any atom is -0.487 e. The van der Waals surface area contributed by atoms with Crippen molar-refractivity contribution in [1.29, 1.82) is 0 Å². The fourth-order valence-electron chi connectivity index (χ4n) is 5.11.